The Bertz CT molecular complexity index is 3050. The van der Waals surface area contributed by atoms with Gasteiger partial charge in [0.1, 0.15) is 105 Å². The average Bonchev–Trinajstić information content (AvgIpc) is 1.58. The van der Waals surface area contributed by atoms with E-state index in [4.69, 9.17) is 189 Å². The van der Waals surface area contributed by atoms with Crippen LogP contribution < -0.4 is 0 Å². The molecule has 10 unspecified atom stereocenters. The van der Waals surface area contributed by atoms with Crippen LogP contribution in [0.25, 0.3) is 0 Å². The van der Waals surface area contributed by atoms with Crippen LogP contribution in [0, 0.1) is 23.7 Å². The molecule has 0 saturated carbocycles. The number of phosphoric acid groups is 2. The van der Waals surface area contributed by atoms with Gasteiger partial charge < -0.3 is 68.1 Å². The van der Waals surface area contributed by atoms with Crippen LogP contribution >= 0.6 is 31.1 Å². The topological polar surface area (TPSA) is 517 Å². The van der Waals surface area contributed by atoms with Crippen molar-refractivity contribution in [1.82, 2.24) is 0 Å². The molecule has 0 bridgehead atoms. The first-order valence-corrected chi connectivity index (χ1v) is 47.1. The number of hydrogen-bond acceptors (Lipinski definition) is 38. The van der Waals surface area contributed by atoms with Crippen LogP contribution in [0.3, 0.4) is 0 Å². The summed E-state index contributed by atoms with van der Waals surface area (Å²) in [6.45, 7) is 31.2. The van der Waals surface area contributed by atoms with Gasteiger partial charge in [-0.05, 0) is 39.5 Å². The fraction of sp³-hybridized carbons (Fsp3) is 1.00. The predicted molar refractivity (Wildman–Crippen MR) is 429 cm³/mol. The number of fused-ring (bicyclic) bond motifs is 3. The monoisotopic (exact) mass is 1790 g/mol. The Hall–Kier alpha value is 0.319. The van der Waals surface area contributed by atoms with E-state index >= 15 is 0 Å². The molecular formula is C68H124B8O40P4. The minimum absolute atomic E-state index is 0.00495. The predicted octanol–water partition coefficient (Wildman–Crippen LogP) is -2.05. The Kier molecular flexibility index (Phi) is 41.3. The molecule has 34 atom stereocenters. The standard InChI is InChI=1S/3C17H31B2O10P.C9H17BO4.C8H14BO6P/c2*1-8(2)5-24-13-11(26-16(18)12(13)20)7-25-30(21,22)28-14-10(6-23-9(3)4)27-17(19)15(14)29-30;1-8(2)5-25-14-11(28-16(18)12(14)20)7-26-30(22,23)29-15-10(6-24-9(3)4)27-17(19)13(15)21;1-5(2)4-13-8-6(3-11)14-9(10)7(8)12;1-4(2)12-3-5-6-7(8(9)13-5)15-16(10,11)14-6/h2*8-17,20-22H,5-7H2,1-4H3;8-17,20-21H,5-7H2,1-4H3,(H,22,23);5-9,11-12H,3-4H2,1-2H3;4-8H,3H2,1-2H3,(H,10,11)/t2*10-,11-,12+,13?,14?,15+,16-,17-;10-,11-,12+,13+,14?,15?,16-,17-;6-,7+,8?,9-;5-,6?,7+,8-/m11111/s1. The zero-order valence-electron chi connectivity index (χ0n) is 70.8. The van der Waals surface area contributed by atoms with Gasteiger partial charge in [-0.25, -0.2) is 9.13 Å². The number of rotatable bonds is 36. The molecule has 120 heavy (non-hydrogen) atoms. The van der Waals surface area contributed by atoms with Gasteiger partial charge in [-0.15, -0.1) is 0 Å². The molecule has 0 amide bonds. The van der Waals surface area contributed by atoms with Crippen molar-refractivity contribution in [1.29, 1.82) is 0 Å². The molecule has 0 aromatic heterocycles. The van der Waals surface area contributed by atoms with Crippen molar-refractivity contribution < 1.29 is 190 Å². The number of ether oxygens (including phenoxy) is 16. The van der Waals surface area contributed by atoms with E-state index < -0.39 is 232 Å². The molecular weight excluding hydrogens is 1670 g/mol. The van der Waals surface area contributed by atoms with Crippen LogP contribution in [0.5, 0.6) is 0 Å². The SMILES string of the molecule is [B][C@@H]1O[C@H](CO)C(OCC(C)C)[C@@H]1O.[B][C@@H]1O[C@H](COC(C)C)C2OP(=O)(O)O[C@@H]21.[B][C@@H]1O[C@H](COP(=O)(O)OC2[C@@H](COC(C)C)O[C@@H]([B])[C@H]2O)C(OCC(C)C)[C@@H]1O.[B][C@@H]1O[C@H](COP2(O)(O)OC3[C@@H](COC(C)C)O[C@@H]([B])[C@H]3O2)C(OCC(C)C)[C@@H]1O.[B][C@@H]1O[C@H](COP2(O)(O)OC3[C@@H](COC(C)C)O[C@@H]([B])[C@H]3O2)C(OCC(C)C)[C@@H]1O. The molecule has 11 heterocycles. The Morgan fingerprint density at radius 1 is 0.350 bits per heavy atom. The maximum atomic E-state index is 12.5. The molecule has 12 N–H and O–H groups in total. The summed E-state index contributed by atoms with van der Waals surface area (Å²) >= 11 is 0. The maximum absolute atomic E-state index is 12.5. The van der Waals surface area contributed by atoms with Crippen molar-refractivity contribution in [3.63, 3.8) is 0 Å². The summed E-state index contributed by atoms with van der Waals surface area (Å²) in [5, 5.41) is 59.3. The molecule has 11 rings (SSSR count). The van der Waals surface area contributed by atoms with E-state index in [1.165, 1.54) is 0 Å². The van der Waals surface area contributed by atoms with E-state index in [1.807, 2.05) is 96.9 Å². The van der Waals surface area contributed by atoms with Gasteiger partial charge in [-0.1, -0.05) is 27.7 Å². The van der Waals surface area contributed by atoms with Crippen LogP contribution in [-0.2, 0) is 130 Å². The van der Waals surface area contributed by atoms with Gasteiger partial charge in [0.05, 0.1) is 38.6 Å². The van der Waals surface area contributed by atoms with Crippen LogP contribution in [0.4, 0.5) is 0 Å². The average molecular weight is 1790 g/mol. The number of aliphatic hydroxyl groups excluding tert-OH is 6. The quantitative estimate of drug-likeness (QED) is 0.0237. The van der Waals surface area contributed by atoms with Crippen molar-refractivity contribution in [2.45, 2.75) is 330 Å². The first kappa shape index (κ1) is 107. The second-order valence-electron chi connectivity index (χ2n) is 33.5. The Labute approximate surface area is 713 Å². The van der Waals surface area contributed by atoms with Crippen LogP contribution in [0.2, 0.25) is 0 Å². The summed E-state index contributed by atoms with van der Waals surface area (Å²) < 4.78 is 163. The first-order chi connectivity index (χ1) is 55.6. The second-order valence-corrected chi connectivity index (χ2v) is 40.8. The second kappa shape index (κ2) is 46.1. The van der Waals surface area contributed by atoms with Crippen molar-refractivity contribution in [3.8, 4) is 0 Å². The summed E-state index contributed by atoms with van der Waals surface area (Å²) in [6, 6.07) is -7.51. The van der Waals surface area contributed by atoms with Crippen molar-refractivity contribution in [2.75, 3.05) is 79.3 Å². The fourth-order valence-electron chi connectivity index (χ4n) is 13.3. The Morgan fingerprint density at radius 3 is 0.917 bits per heavy atom. The third-order valence-corrected chi connectivity index (χ3v) is 24.8. The molecule has 0 aromatic rings. The first-order valence-electron chi connectivity index (χ1n) is 40.3. The molecule has 11 aliphatic rings. The number of aliphatic hydroxyl groups is 6. The minimum atomic E-state index is -5.47. The molecule has 0 aromatic carbocycles. The third kappa shape index (κ3) is 31.0. The molecule has 11 aliphatic heterocycles. The molecule has 0 spiro atoms. The van der Waals surface area contributed by atoms with Crippen molar-refractivity contribution in [3.05, 3.63) is 0 Å². The van der Waals surface area contributed by atoms with Crippen LogP contribution in [0.15, 0.2) is 0 Å². The van der Waals surface area contributed by atoms with Gasteiger partial charge in [0.25, 0.3) is 0 Å². The van der Waals surface area contributed by atoms with Gasteiger partial charge in [-0.2, -0.15) is 0 Å². The normalized spacial score (nSPS) is 42.4. The van der Waals surface area contributed by atoms with Gasteiger partial charge in [0.15, 0.2) is 0 Å². The van der Waals surface area contributed by atoms with Crippen molar-refractivity contribution >= 4 is 93.9 Å². The third-order valence-electron chi connectivity index (χ3n) is 19.2. The van der Waals surface area contributed by atoms with E-state index in [0.717, 1.165) is 0 Å². The molecule has 680 valence electrons. The molecule has 0 aliphatic carbocycles. The molecule has 40 nitrogen and oxygen atoms in total. The van der Waals surface area contributed by atoms with Gasteiger partial charge in [0.2, 0.25) is 0 Å². The summed E-state index contributed by atoms with van der Waals surface area (Å²) in [5.74, 6) is 0.995. The summed E-state index contributed by atoms with van der Waals surface area (Å²) in [6.07, 6.45) is -20.6. The number of phosphoric ester groups is 2. The van der Waals surface area contributed by atoms with E-state index in [-0.39, 0.29) is 88.4 Å². The van der Waals surface area contributed by atoms with Gasteiger partial charge in [-0.3, -0.25) is 18.1 Å². The Balaban J connectivity index is 0.000000213. The Morgan fingerprint density at radius 2 is 0.600 bits per heavy atom. The number of hydrogen-bond donors (Lipinski definition) is 12. The zero-order chi connectivity index (χ0) is 89.9. The molecule has 11 saturated heterocycles. The van der Waals surface area contributed by atoms with Gasteiger partial charge >= 0.3 is 374 Å². The molecule has 52 heteroatoms. The summed E-state index contributed by atoms with van der Waals surface area (Å²) in [5.41, 5.74) is 0. The van der Waals surface area contributed by atoms with E-state index in [2.05, 4.69) is 0 Å². The zero-order valence-corrected chi connectivity index (χ0v) is 74.4. The van der Waals surface area contributed by atoms with E-state index in [0.29, 0.717) is 32.3 Å². The molecule has 16 radical (unpaired) electrons. The van der Waals surface area contributed by atoms with Crippen LogP contribution in [-0.4, -0.2) is 421 Å². The van der Waals surface area contributed by atoms with Crippen LogP contribution in [0.1, 0.15) is 111 Å². The van der Waals surface area contributed by atoms with E-state index in [1.54, 1.807) is 13.8 Å². The summed E-state index contributed by atoms with van der Waals surface area (Å²) in [7, 11) is 26.2. The van der Waals surface area contributed by atoms with Gasteiger partial charge in [0, 0.05) is 37.2 Å². The molecule has 11 fully saturated rings. The fourth-order valence-corrected chi connectivity index (χ4v) is 19.3. The summed E-state index contributed by atoms with van der Waals surface area (Å²) in [4.78, 5) is 62.3. The van der Waals surface area contributed by atoms with Crippen molar-refractivity contribution in [2.24, 2.45) is 23.7 Å². The van der Waals surface area contributed by atoms with E-state index in [9.17, 15) is 64.0 Å².